The van der Waals surface area contributed by atoms with Crippen molar-refractivity contribution in [2.24, 2.45) is 7.05 Å². The van der Waals surface area contributed by atoms with E-state index in [0.29, 0.717) is 34.1 Å². The fraction of sp³-hybridized carbons (Fsp3) is 0.318. The third kappa shape index (κ3) is 5.21. The van der Waals surface area contributed by atoms with Gasteiger partial charge in [-0.05, 0) is 54.1 Å². The van der Waals surface area contributed by atoms with Gasteiger partial charge in [0.2, 0.25) is 0 Å². The number of phenols is 1. The summed E-state index contributed by atoms with van der Waals surface area (Å²) in [6.07, 6.45) is 0.676. The van der Waals surface area contributed by atoms with Crippen molar-refractivity contribution < 1.29 is 20.5 Å². The van der Waals surface area contributed by atoms with Crippen LogP contribution in [0, 0.1) is 0 Å². The largest absolute Gasteiger partial charge is 0.506 e. The van der Waals surface area contributed by atoms with Crippen LogP contribution in [-0.2, 0) is 25.8 Å². The maximum Gasteiger partial charge on any atom is 0.338 e. The summed E-state index contributed by atoms with van der Waals surface area (Å²) in [4.78, 5) is 15.4. The summed E-state index contributed by atoms with van der Waals surface area (Å²) < 4.78 is 2.63. The Morgan fingerprint density at radius 2 is 1.81 bits per heavy atom. The quantitative estimate of drug-likeness (QED) is 0.425. The molecule has 2 aromatic carbocycles. The van der Waals surface area contributed by atoms with Crippen LogP contribution < -0.4 is 0 Å². The summed E-state index contributed by atoms with van der Waals surface area (Å²) in [5.41, 5.74) is 3.45. The summed E-state index contributed by atoms with van der Waals surface area (Å²) in [6.45, 7) is 2.46. The van der Waals surface area contributed by atoms with E-state index in [2.05, 4.69) is 15.9 Å². The van der Waals surface area contributed by atoms with Gasteiger partial charge in [0.15, 0.2) is 0 Å². The second-order valence-electron chi connectivity index (χ2n) is 7.22. The summed E-state index contributed by atoms with van der Waals surface area (Å²) in [7, 11) is 5.72. The molecule has 1 aromatic heterocycles. The van der Waals surface area contributed by atoms with Crippen LogP contribution in [0.25, 0.3) is 10.9 Å². The number of aromatic hydroxyl groups is 1. The van der Waals surface area contributed by atoms with Gasteiger partial charge in [-0.15, -0.1) is 24.2 Å². The minimum absolute atomic E-state index is 0. The van der Waals surface area contributed by atoms with Crippen LogP contribution in [0.3, 0.4) is 0 Å². The second-order valence-corrected chi connectivity index (χ2v) is 9.06. The van der Waals surface area contributed by atoms with Crippen LogP contribution in [0.4, 0.5) is 0 Å². The first-order chi connectivity index (χ1) is 13.8. The number of aromatic carboxylic acids is 1. The Balaban J connectivity index is 0.00000240. The van der Waals surface area contributed by atoms with Crippen LogP contribution in [0.15, 0.2) is 39.7 Å². The normalized spacial score (nSPS) is 10.8. The highest BCUT2D eigenvalue weighted by atomic mass is 79.9. The molecule has 0 amide bonds. The van der Waals surface area contributed by atoms with E-state index in [1.807, 2.05) is 67.9 Å². The summed E-state index contributed by atoms with van der Waals surface area (Å²) in [5, 5.41) is 21.7. The number of aromatic nitrogens is 1. The lowest BCUT2D eigenvalue weighted by Crippen LogP contribution is -2.12. The fourth-order valence-corrected chi connectivity index (χ4v) is 5.44. The zero-order chi connectivity index (χ0) is 21.3. The number of aryl methyl sites for hydroxylation is 2. The van der Waals surface area contributed by atoms with E-state index in [4.69, 9.17) is 0 Å². The lowest BCUT2D eigenvalue weighted by molar-refractivity contribution is 0.0697. The molecule has 0 saturated heterocycles. The van der Waals surface area contributed by atoms with Crippen molar-refractivity contribution in [2.75, 3.05) is 14.1 Å². The Kier molecular flexibility index (Phi) is 9.91. The smallest absolute Gasteiger partial charge is 0.338 e. The molecule has 3 aromatic rings. The second kappa shape index (κ2) is 11.2. The van der Waals surface area contributed by atoms with Crippen molar-refractivity contribution in [3.05, 3.63) is 57.2 Å². The molecule has 9 heteroatoms. The van der Waals surface area contributed by atoms with Gasteiger partial charge in [-0.25, -0.2) is 4.79 Å². The number of carbonyl (C=O) groups is 1. The van der Waals surface area contributed by atoms with Crippen molar-refractivity contribution in [2.45, 2.75) is 30.5 Å². The van der Waals surface area contributed by atoms with E-state index in [1.54, 1.807) is 11.8 Å². The molecule has 0 aliphatic carbocycles. The van der Waals surface area contributed by atoms with Crippen molar-refractivity contribution in [3.8, 4) is 5.75 Å². The van der Waals surface area contributed by atoms with Gasteiger partial charge >= 0.3 is 5.97 Å². The van der Waals surface area contributed by atoms with Gasteiger partial charge in [0.05, 0.1) is 15.6 Å². The molecular weight excluding hydrogens is 504 g/mol. The molecule has 0 fully saturated rings. The van der Waals surface area contributed by atoms with Gasteiger partial charge in [0, 0.05) is 40.9 Å². The van der Waals surface area contributed by atoms with Crippen molar-refractivity contribution in [3.63, 3.8) is 0 Å². The molecule has 6 nitrogen and oxygen atoms in total. The van der Waals surface area contributed by atoms with E-state index < -0.39 is 5.97 Å². The molecule has 0 bridgehead atoms. The molecule has 31 heavy (non-hydrogen) atoms. The predicted octanol–water partition coefficient (Wildman–Crippen LogP) is 4.86. The Labute approximate surface area is 201 Å². The van der Waals surface area contributed by atoms with Crippen LogP contribution in [0.2, 0.25) is 0 Å². The summed E-state index contributed by atoms with van der Waals surface area (Å²) in [6, 6.07) is 9.95. The minimum atomic E-state index is -0.969. The monoisotopic (exact) mass is 530 g/mol. The standard InChI is InChI=1S/C22H25BrN2O3S.ClH.H2O/c1-5-14-19(23)21(26)15(11-24(2)3)17-18(22(27)28)16(25(4)20(14)17)12-29-13-9-7-6-8-10-13;;/h6-10,26H,5,11-12H2,1-4H3,(H,27,28);1H;1H2. The molecule has 0 saturated carbocycles. The number of carboxylic acid groups (broad SMARTS) is 1. The average molecular weight is 532 g/mol. The molecule has 0 spiro atoms. The molecule has 4 N–H and O–H groups in total. The van der Waals surface area contributed by atoms with E-state index in [-0.39, 0.29) is 29.2 Å². The first kappa shape index (κ1) is 27.3. The summed E-state index contributed by atoms with van der Waals surface area (Å²) >= 11 is 5.16. The van der Waals surface area contributed by atoms with E-state index in [9.17, 15) is 15.0 Å². The number of rotatable bonds is 7. The van der Waals surface area contributed by atoms with E-state index >= 15 is 0 Å². The number of phenolic OH excluding ortho intramolecular Hbond substituents is 1. The number of carboxylic acids is 1. The Morgan fingerprint density at radius 1 is 1.19 bits per heavy atom. The lowest BCUT2D eigenvalue weighted by Gasteiger charge is -2.17. The topological polar surface area (TPSA) is 97.2 Å². The Hall–Kier alpha value is -1.71. The Morgan fingerprint density at radius 3 is 2.32 bits per heavy atom. The van der Waals surface area contributed by atoms with Crippen molar-refractivity contribution in [1.29, 1.82) is 0 Å². The van der Waals surface area contributed by atoms with Crippen molar-refractivity contribution in [1.82, 2.24) is 9.47 Å². The molecule has 170 valence electrons. The molecule has 0 aliphatic heterocycles. The minimum Gasteiger partial charge on any atom is -0.506 e. The van der Waals surface area contributed by atoms with Gasteiger partial charge in [-0.3, -0.25) is 0 Å². The van der Waals surface area contributed by atoms with Crippen LogP contribution >= 0.6 is 40.1 Å². The molecule has 0 atom stereocenters. The van der Waals surface area contributed by atoms with Gasteiger partial charge in [0.1, 0.15) is 5.75 Å². The Bertz CT molecular complexity index is 1070. The van der Waals surface area contributed by atoms with Crippen molar-refractivity contribution >= 4 is 57.0 Å². The summed E-state index contributed by atoms with van der Waals surface area (Å²) in [5.74, 6) is -0.318. The van der Waals surface area contributed by atoms with Crippen LogP contribution in [0.5, 0.6) is 5.75 Å². The van der Waals surface area contributed by atoms with Gasteiger partial charge < -0.3 is 25.2 Å². The molecule has 1 heterocycles. The SMILES string of the molecule is CCc1c(Br)c(O)c(CN(C)C)c2c(C(=O)O)c(CSc3ccccc3)n(C)c12.Cl.O. The highest BCUT2D eigenvalue weighted by molar-refractivity contribution is 9.10. The molecule has 0 radical (unpaired) electrons. The number of thioether (sulfide) groups is 1. The fourth-order valence-electron chi connectivity index (χ4n) is 3.74. The first-order valence-corrected chi connectivity index (χ1v) is 11.1. The highest BCUT2D eigenvalue weighted by Crippen LogP contribution is 2.43. The van der Waals surface area contributed by atoms with Gasteiger partial charge in [-0.2, -0.15) is 0 Å². The first-order valence-electron chi connectivity index (χ1n) is 9.37. The lowest BCUT2D eigenvalue weighted by atomic mass is 9.98. The van der Waals surface area contributed by atoms with Crippen LogP contribution in [0.1, 0.15) is 34.1 Å². The number of hydrogen-bond donors (Lipinski definition) is 2. The number of halogens is 2. The zero-order valence-corrected chi connectivity index (χ0v) is 21.1. The molecular formula is C22H28BrClN2O4S. The third-order valence-corrected chi connectivity index (χ3v) is 6.90. The van der Waals surface area contributed by atoms with Crippen LogP contribution in [-0.4, -0.2) is 45.2 Å². The van der Waals surface area contributed by atoms with E-state index in [0.717, 1.165) is 21.7 Å². The maximum absolute atomic E-state index is 12.4. The van der Waals surface area contributed by atoms with Gasteiger partial charge in [-0.1, -0.05) is 25.1 Å². The molecule has 0 unspecified atom stereocenters. The number of hydrogen-bond acceptors (Lipinski definition) is 4. The molecule has 0 aliphatic rings. The third-order valence-electron chi connectivity index (χ3n) is 5.02. The average Bonchev–Trinajstić information content (AvgIpc) is 2.97. The number of benzene rings is 2. The van der Waals surface area contributed by atoms with Gasteiger partial charge in [0.25, 0.3) is 0 Å². The highest BCUT2D eigenvalue weighted by Gasteiger charge is 2.28. The predicted molar refractivity (Wildman–Crippen MR) is 133 cm³/mol. The van der Waals surface area contributed by atoms with E-state index in [1.165, 1.54) is 0 Å². The molecule has 3 rings (SSSR count). The maximum atomic E-state index is 12.4. The number of fused-ring (bicyclic) bond motifs is 1. The number of nitrogens with zero attached hydrogens (tertiary/aromatic N) is 2. The zero-order valence-electron chi connectivity index (χ0n) is 17.9.